The fraction of sp³-hybridized carbons (Fsp3) is 0.368. The monoisotopic (exact) mass is 523 g/mol. The molecule has 0 aliphatic carbocycles. The summed E-state index contributed by atoms with van der Waals surface area (Å²) in [5.74, 6) is -1.61. The van der Waals surface area contributed by atoms with E-state index in [4.69, 9.17) is 5.73 Å². The lowest BCUT2D eigenvalue weighted by molar-refractivity contribution is -0.150. The zero-order valence-electron chi connectivity index (χ0n) is 18.0. The number of thioether (sulfide) groups is 2. The molecule has 2 unspecified atom stereocenters. The van der Waals surface area contributed by atoms with Gasteiger partial charge in [0.2, 0.25) is 5.91 Å². The van der Waals surface area contributed by atoms with Crippen LogP contribution >= 0.6 is 34.9 Å². The molecule has 4 amide bonds. The van der Waals surface area contributed by atoms with Gasteiger partial charge in [0.1, 0.15) is 28.2 Å². The minimum Gasteiger partial charge on any atom is -0.477 e. The first kappa shape index (κ1) is 24.1. The molecule has 2 aromatic rings. The summed E-state index contributed by atoms with van der Waals surface area (Å²) >= 11 is 3.98. The van der Waals surface area contributed by atoms with Crippen LogP contribution in [0.2, 0.25) is 0 Å². The number of carboxylic acid groups (broad SMARTS) is 1. The van der Waals surface area contributed by atoms with Gasteiger partial charge in [-0.2, -0.15) is 9.90 Å². The number of thiophene rings is 1. The number of aryl methyl sites for hydroxylation is 2. The fourth-order valence-corrected chi connectivity index (χ4v) is 6.89. The molecule has 5 N–H and O–H groups in total. The average Bonchev–Trinajstić information content (AvgIpc) is 3.42. The predicted molar refractivity (Wildman–Crippen MR) is 126 cm³/mol. The number of urea groups is 1. The Bertz CT molecular complexity index is 1180. The fourth-order valence-electron chi connectivity index (χ4n) is 3.67. The normalized spacial score (nSPS) is 20.4. The van der Waals surface area contributed by atoms with Crippen LogP contribution in [-0.2, 0) is 21.4 Å². The summed E-state index contributed by atoms with van der Waals surface area (Å²) in [6.45, 7) is 1.82. The van der Waals surface area contributed by atoms with Gasteiger partial charge in [-0.25, -0.2) is 9.59 Å². The van der Waals surface area contributed by atoms with Crippen LogP contribution in [0.25, 0.3) is 0 Å². The van der Waals surface area contributed by atoms with E-state index in [0.29, 0.717) is 27.0 Å². The third kappa shape index (κ3) is 4.63. The molecule has 4 rings (SSSR count). The molecule has 0 saturated carbocycles. The number of carbonyl (C=O) groups is 4. The van der Waals surface area contributed by atoms with E-state index in [9.17, 15) is 24.3 Å². The summed E-state index contributed by atoms with van der Waals surface area (Å²) in [5, 5.41) is 25.2. The molecule has 0 radical (unpaired) electrons. The molecule has 34 heavy (non-hydrogen) atoms. The lowest BCUT2D eigenvalue weighted by Gasteiger charge is -2.49. The highest BCUT2D eigenvalue weighted by Gasteiger charge is 2.54. The molecular weight excluding hydrogens is 502 g/mol. The van der Waals surface area contributed by atoms with E-state index in [2.05, 4.69) is 20.8 Å². The van der Waals surface area contributed by atoms with Crippen molar-refractivity contribution < 1.29 is 24.3 Å². The molecule has 3 atom stereocenters. The summed E-state index contributed by atoms with van der Waals surface area (Å²) in [5.41, 5.74) is 6.46. The summed E-state index contributed by atoms with van der Waals surface area (Å²) in [7, 11) is 1.70. The van der Waals surface area contributed by atoms with Crippen molar-refractivity contribution in [3.8, 4) is 0 Å². The van der Waals surface area contributed by atoms with Crippen molar-refractivity contribution >= 4 is 58.7 Å². The molecule has 1 fully saturated rings. The number of rotatable bonds is 8. The predicted octanol–water partition coefficient (Wildman–Crippen LogP) is 0.425. The summed E-state index contributed by atoms with van der Waals surface area (Å²) < 4.78 is 0. The van der Waals surface area contributed by atoms with Gasteiger partial charge in [0, 0.05) is 23.4 Å². The molecule has 15 heteroatoms. The highest BCUT2D eigenvalue weighted by Crippen LogP contribution is 2.41. The number of carboxylic acids is 1. The molecular formula is C19H21N7O5S3. The largest absolute Gasteiger partial charge is 0.477 e. The number of aromatic nitrogens is 3. The van der Waals surface area contributed by atoms with Gasteiger partial charge in [0.05, 0.1) is 5.69 Å². The van der Waals surface area contributed by atoms with E-state index in [1.807, 2.05) is 6.92 Å². The molecule has 2 aliphatic heterocycles. The Labute approximate surface area is 206 Å². The van der Waals surface area contributed by atoms with Gasteiger partial charge in [0.15, 0.2) is 0 Å². The van der Waals surface area contributed by atoms with Gasteiger partial charge in [-0.05, 0) is 23.9 Å². The SMILES string of the molecule is Cc1nn(C)nc1SCC1=C(C(=O)O)N2C(=O)[C@H](NC(=O)C(NC(N)=O)c3cccs3)C2SC1. The first-order valence-electron chi connectivity index (χ1n) is 9.97. The minimum atomic E-state index is -1.21. The van der Waals surface area contributed by atoms with E-state index >= 15 is 0 Å². The van der Waals surface area contributed by atoms with Gasteiger partial charge in [-0.3, -0.25) is 14.5 Å². The Hall–Kier alpha value is -3.04. The molecule has 180 valence electrons. The van der Waals surface area contributed by atoms with Crippen molar-refractivity contribution in [2.24, 2.45) is 12.8 Å². The Morgan fingerprint density at radius 2 is 2.15 bits per heavy atom. The van der Waals surface area contributed by atoms with Crippen molar-refractivity contribution in [1.82, 2.24) is 30.5 Å². The molecule has 1 saturated heterocycles. The molecule has 4 heterocycles. The Balaban J connectivity index is 1.48. The molecule has 2 aromatic heterocycles. The van der Waals surface area contributed by atoms with Crippen molar-refractivity contribution in [2.75, 3.05) is 11.5 Å². The van der Waals surface area contributed by atoms with Crippen LogP contribution in [0.5, 0.6) is 0 Å². The smallest absolute Gasteiger partial charge is 0.352 e. The van der Waals surface area contributed by atoms with Crippen molar-refractivity contribution in [2.45, 2.75) is 29.4 Å². The number of fused-ring (bicyclic) bond motifs is 1. The summed E-state index contributed by atoms with van der Waals surface area (Å²) in [6, 6.07) is 0.550. The maximum atomic E-state index is 12.9. The molecule has 0 aromatic carbocycles. The quantitative estimate of drug-likeness (QED) is 0.283. The number of nitrogens with zero attached hydrogens (tertiary/aromatic N) is 4. The summed E-state index contributed by atoms with van der Waals surface area (Å²) in [4.78, 5) is 52.4. The Morgan fingerprint density at radius 3 is 2.74 bits per heavy atom. The molecule has 2 aliphatic rings. The van der Waals surface area contributed by atoms with Gasteiger partial charge >= 0.3 is 12.0 Å². The number of primary amides is 1. The number of hydrogen-bond acceptors (Lipinski definition) is 9. The van der Waals surface area contributed by atoms with E-state index in [-0.39, 0.29) is 5.70 Å². The molecule has 0 spiro atoms. The number of amides is 4. The number of aliphatic carboxylic acids is 1. The number of β-lactam (4-membered cyclic amide) rings is 1. The number of nitrogens with one attached hydrogen (secondary N) is 2. The number of nitrogens with two attached hydrogens (primary N) is 1. The maximum absolute atomic E-state index is 12.9. The van der Waals surface area contributed by atoms with Crippen LogP contribution < -0.4 is 16.4 Å². The maximum Gasteiger partial charge on any atom is 0.352 e. The van der Waals surface area contributed by atoms with Crippen LogP contribution in [0.4, 0.5) is 4.79 Å². The summed E-state index contributed by atoms with van der Waals surface area (Å²) in [6.07, 6.45) is 0. The highest BCUT2D eigenvalue weighted by molar-refractivity contribution is 8.01. The van der Waals surface area contributed by atoms with E-state index in [1.165, 1.54) is 44.6 Å². The molecule has 0 bridgehead atoms. The van der Waals surface area contributed by atoms with Gasteiger partial charge < -0.3 is 21.5 Å². The van der Waals surface area contributed by atoms with Crippen LogP contribution in [0, 0.1) is 6.92 Å². The van der Waals surface area contributed by atoms with Gasteiger partial charge in [-0.15, -0.1) is 28.2 Å². The first-order valence-corrected chi connectivity index (χ1v) is 12.9. The van der Waals surface area contributed by atoms with Gasteiger partial charge in [-0.1, -0.05) is 17.8 Å². The van der Waals surface area contributed by atoms with E-state index < -0.39 is 41.3 Å². The van der Waals surface area contributed by atoms with Crippen molar-refractivity contribution in [3.63, 3.8) is 0 Å². The molecule has 12 nitrogen and oxygen atoms in total. The third-order valence-corrected chi connectivity index (χ3v) is 8.57. The minimum absolute atomic E-state index is 0.0710. The Morgan fingerprint density at radius 1 is 1.38 bits per heavy atom. The van der Waals surface area contributed by atoms with Crippen molar-refractivity contribution in [3.05, 3.63) is 39.4 Å². The number of hydrogen-bond donors (Lipinski definition) is 4. The highest BCUT2D eigenvalue weighted by atomic mass is 32.2. The topological polar surface area (TPSA) is 173 Å². The van der Waals surface area contributed by atoms with Crippen LogP contribution in [0.15, 0.2) is 33.8 Å². The zero-order valence-corrected chi connectivity index (χ0v) is 20.5. The van der Waals surface area contributed by atoms with Gasteiger partial charge in [0.25, 0.3) is 5.91 Å². The Kier molecular flexibility index (Phi) is 6.86. The lowest BCUT2D eigenvalue weighted by Crippen LogP contribution is -2.71. The van der Waals surface area contributed by atoms with E-state index in [0.717, 1.165) is 5.69 Å². The van der Waals surface area contributed by atoms with Crippen LogP contribution in [0.1, 0.15) is 16.6 Å². The first-order chi connectivity index (χ1) is 16.2. The van der Waals surface area contributed by atoms with E-state index in [1.54, 1.807) is 24.6 Å². The zero-order chi connectivity index (χ0) is 24.6. The van der Waals surface area contributed by atoms with Crippen LogP contribution in [0.3, 0.4) is 0 Å². The average molecular weight is 524 g/mol. The standard InChI is InChI=1S/C19H21N7O5S3/c1-8-15(24-25(2)23-8)33-6-9-7-34-17-12(16(28)26(17)13(9)18(29)30)21-14(27)11(22-19(20)31)10-4-3-5-32-10/h3-5,11-12,17H,6-7H2,1-2H3,(H,21,27)(H,29,30)(H3,20,22,31)/t11?,12-,17?/m0/s1. The number of carbonyl (C=O) groups excluding carboxylic acids is 3. The van der Waals surface area contributed by atoms with Crippen molar-refractivity contribution in [1.29, 1.82) is 0 Å². The third-order valence-electron chi connectivity index (χ3n) is 5.15. The second-order valence-electron chi connectivity index (χ2n) is 7.48. The lowest BCUT2D eigenvalue weighted by atomic mass is 10.0. The second kappa shape index (κ2) is 9.68. The van der Waals surface area contributed by atoms with Crippen LogP contribution in [-0.4, -0.2) is 71.7 Å². The second-order valence-corrected chi connectivity index (χ2v) is 10.5.